The van der Waals surface area contributed by atoms with E-state index in [1.807, 2.05) is 0 Å². The summed E-state index contributed by atoms with van der Waals surface area (Å²) < 4.78 is 21.3. The number of unbranched alkanes of at least 4 members (excludes halogenated alkanes) is 2. The molecule has 4 N–H and O–H groups in total. The molecule has 0 aliphatic rings. The lowest BCUT2D eigenvalue weighted by molar-refractivity contribution is -0.138. The van der Waals surface area contributed by atoms with Crippen molar-refractivity contribution in [2.75, 3.05) is 79.0 Å². The van der Waals surface area contributed by atoms with Crippen LogP contribution in [-0.2, 0) is 38.1 Å². The molecule has 2 atom stereocenters. The Balaban J connectivity index is 4.74. The molecule has 21 nitrogen and oxygen atoms in total. The molecule has 270 valence electrons. The van der Waals surface area contributed by atoms with Gasteiger partial charge in [-0.15, -0.1) is 0 Å². The third-order valence-electron chi connectivity index (χ3n) is 6.26. The zero-order valence-corrected chi connectivity index (χ0v) is 27.2. The highest BCUT2D eigenvalue weighted by molar-refractivity contribution is 5.92. The molecule has 0 bridgehead atoms. The Kier molecular flexibility index (Phi) is 29.6. The largest absolute Gasteiger partial charge is 0.481 e. The maximum absolute atomic E-state index is 13.3. The van der Waals surface area contributed by atoms with Crippen LogP contribution in [-0.4, -0.2) is 120 Å². The van der Waals surface area contributed by atoms with Crippen molar-refractivity contribution in [1.29, 1.82) is 0 Å². The van der Waals surface area contributed by atoms with Gasteiger partial charge in [0.1, 0.15) is 12.1 Å². The van der Waals surface area contributed by atoms with E-state index in [1.165, 1.54) is 0 Å². The van der Waals surface area contributed by atoms with Crippen LogP contribution in [0.5, 0.6) is 0 Å². The van der Waals surface area contributed by atoms with Crippen molar-refractivity contribution in [3.63, 3.8) is 0 Å². The normalized spacial score (nSPS) is 11.6. The lowest BCUT2D eigenvalue weighted by Gasteiger charge is -2.23. The van der Waals surface area contributed by atoms with Crippen molar-refractivity contribution in [3.8, 4) is 0 Å². The van der Waals surface area contributed by atoms with Crippen LogP contribution in [0.4, 0.5) is 0 Å². The minimum Gasteiger partial charge on any atom is -0.481 e. The van der Waals surface area contributed by atoms with Gasteiger partial charge in [0.2, 0.25) is 17.7 Å². The second-order valence-electron chi connectivity index (χ2n) is 10.0. The molecule has 0 aromatic rings. The van der Waals surface area contributed by atoms with Gasteiger partial charge < -0.3 is 40.0 Å². The summed E-state index contributed by atoms with van der Waals surface area (Å²) in [7, 11) is 0. The molecule has 1 unspecified atom stereocenters. The number of carboxylic acids is 1. The van der Waals surface area contributed by atoms with Crippen molar-refractivity contribution < 1.29 is 43.2 Å². The molecular formula is C27H48N12O9. The van der Waals surface area contributed by atoms with Crippen LogP contribution < -0.4 is 16.0 Å². The maximum Gasteiger partial charge on any atom is 0.305 e. The number of hydrogen-bond acceptors (Lipinski definition) is 11. The van der Waals surface area contributed by atoms with Crippen LogP contribution in [0.25, 0.3) is 31.3 Å². The van der Waals surface area contributed by atoms with E-state index in [1.54, 1.807) is 0 Å². The molecule has 0 saturated heterocycles. The summed E-state index contributed by atoms with van der Waals surface area (Å²) in [5.74, 6) is -2.34. The summed E-state index contributed by atoms with van der Waals surface area (Å²) in [4.78, 5) is 57.2. The van der Waals surface area contributed by atoms with Gasteiger partial charge in [0.15, 0.2) is 0 Å². The molecule has 0 saturated carbocycles. The zero-order valence-electron chi connectivity index (χ0n) is 27.2. The number of nitrogens with one attached hydrogen (secondary N) is 3. The molecule has 0 spiro atoms. The van der Waals surface area contributed by atoms with Crippen LogP contribution in [0.15, 0.2) is 15.3 Å². The third kappa shape index (κ3) is 27.9. The second-order valence-corrected chi connectivity index (χ2v) is 10.0. The van der Waals surface area contributed by atoms with Gasteiger partial charge in [-0.1, -0.05) is 28.2 Å². The van der Waals surface area contributed by atoms with Crippen molar-refractivity contribution in [3.05, 3.63) is 31.3 Å². The number of nitrogens with zero attached hydrogens (tertiary/aromatic N) is 9. The fourth-order valence-corrected chi connectivity index (χ4v) is 3.87. The van der Waals surface area contributed by atoms with E-state index in [4.69, 9.17) is 40.6 Å². The number of rotatable bonds is 33. The molecule has 0 rings (SSSR count). The lowest BCUT2D eigenvalue weighted by Crippen LogP contribution is -2.54. The first kappa shape index (κ1) is 43.6. The maximum atomic E-state index is 13.3. The standard InChI is InChI=1S/C27H48N12O9/c28-37-32-10-3-1-6-22(26(43)31-13-15-46-17-19-48-21-20-47-18-16-45-14-9-25(41)42)36-27(44)23(7-2-4-11-33-38-29)35-24(40)8-5-12-34-39-30/h22-23H,1-21H2,(H,31,43)(H,35,40)(H,36,44)(H,41,42)/t22-,23?/m0/s1. The number of carboxylic acid groups (broad SMARTS) is 1. The second kappa shape index (κ2) is 32.6. The van der Waals surface area contributed by atoms with Crippen molar-refractivity contribution in [2.45, 2.75) is 69.9 Å². The minimum absolute atomic E-state index is 0.0384. The smallest absolute Gasteiger partial charge is 0.305 e. The summed E-state index contributed by atoms with van der Waals surface area (Å²) in [6, 6.07) is -1.88. The summed E-state index contributed by atoms with van der Waals surface area (Å²) in [5.41, 5.74) is 25.4. The first-order chi connectivity index (χ1) is 23.3. The number of hydrogen-bond donors (Lipinski definition) is 4. The summed E-state index contributed by atoms with van der Waals surface area (Å²) in [6.45, 7) is 2.96. The van der Waals surface area contributed by atoms with Gasteiger partial charge in [-0.05, 0) is 48.7 Å². The molecule has 0 heterocycles. The van der Waals surface area contributed by atoms with Gasteiger partial charge in [0.25, 0.3) is 0 Å². The molecule has 21 heteroatoms. The first-order valence-corrected chi connectivity index (χ1v) is 15.8. The Morgan fingerprint density at radius 2 is 1.04 bits per heavy atom. The van der Waals surface area contributed by atoms with E-state index >= 15 is 0 Å². The van der Waals surface area contributed by atoms with Crippen LogP contribution >= 0.6 is 0 Å². The number of carbonyl (C=O) groups excluding carboxylic acids is 3. The minimum atomic E-state index is -0.951. The van der Waals surface area contributed by atoms with Gasteiger partial charge in [-0.25, -0.2) is 0 Å². The fraction of sp³-hybridized carbons (Fsp3) is 0.852. The predicted octanol–water partition coefficient (Wildman–Crippen LogP) is 2.67. The molecule has 0 aromatic heterocycles. The summed E-state index contributed by atoms with van der Waals surface area (Å²) in [6.07, 6.45) is 2.73. The molecule has 0 aliphatic carbocycles. The Hall–Kier alpha value is -4.35. The Bertz CT molecular complexity index is 1060. The average Bonchev–Trinajstić information content (AvgIpc) is 3.06. The van der Waals surface area contributed by atoms with Gasteiger partial charge in [0.05, 0.1) is 59.3 Å². The van der Waals surface area contributed by atoms with E-state index < -0.39 is 35.8 Å². The SMILES string of the molecule is [N-]=[N+]=NCCCCC(NC(=O)CCCN=[N+]=[N-])C(=O)N[C@@H](CCCCN=[N+]=[N-])C(=O)NCCOCCOCCOCCOCCC(=O)O. The monoisotopic (exact) mass is 684 g/mol. The molecule has 0 radical (unpaired) electrons. The van der Waals surface area contributed by atoms with E-state index in [0.717, 1.165) is 0 Å². The molecule has 0 fully saturated rings. The van der Waals surface area contributed by atoms with E-state index in [-0.39, 0.29) is 71.7 Å². The van der Waals surface area contributed by atoms with Gasteiger partial charge in [-0.2, -0.15) is 0 Å². The van der Waals surface area contributed by atoms with Crippen LogP contribution in [0.1, 0.15) is 57.8 Å². The molecular weight excluding hydrogens is 636 g/mol. The third-order valence-corrected chi connectivity index (χ3v) is 6.26. The van der Waals surface area contributed by atoms with Gasteiger partial charge >= 0.3 is 5.97 Å². The van der Waals surface area contributed by atoms with Crippen molar-refractivity contribution in [2.24, 2.45) is 15.3 Å². The number of aliphatic carboxylic acids is 1. The number of ether oxygens (including phenoxy) is 4. The fourth-order valence-electron chi connectivity index (χ4n) is 3.87. The van der Waals surface area contributed by atoms with Crippen LogP contribution in [0.2, 0.25) is 0 Å². The molecule has 0 aromatic carbocycles. The Morgan fingerprint density at radius 3 is 1.54 bits per heavy atom. The Labute approximate surface area is 278 Å². The highest BCUT2D eigenvalue weighted by Gasteiger charge is 2.26. The van der Waals surface area contributed by atoms with E-state index in [0.29, 0.717) is 65.1 Å². The quantitative estimate of drug-likeness (QED) is 0.0341. The lowest BCUT2D eigenvalue weighted by atomic mass is 10.1. The van der Waals surface area contributed by atoms with Crippen LogP contribution in [0, 0.1) is 0 Å². The summed E-state index contributed by atoms with van der Waals surface area (Å²) >= 11 is 0. The average molecular weight is 685 g/mol. The molecule has 48 heavy (non-hydrogen) atoms. The van der Waals surface area contributed by atoms with Crippen LogP contribution in [0.3, 0.4) is 0 Å². The van der Waals surface area contributed by atoms with Gasteiger partial charge in [-0.3, -0.25) is 19.2 Å². The number of carbonyl (C=O) groups is 4. The van der Waals surface area contributed by atoms with Crippen molar-refractivity contribution >= 4 is 23.7 Å². The topological polar surface area (TPSA) is 308 Å². The number of amides is 3. The number of azide groups is 3. The van der Waals surface area contributed by atoms with Gasteiger partial charge in [0, 0.05) is 47.3 Å². The highest BCUT2D eigenvalue weighted by Crippen LogP contribution is 2.07. The molecule has 3 amide bonds. The van der Waals surface area contributed by atoms with Crippen molar-refractivity contribution in [1.82, 2.24) is 16.0 Å². The first-order valence-electron chi connectivity index (χ1n) is 15.8. The van der Waals surface area contributed by atoms with E-state index in [2.05, 4.69) is 46.0 Å². The highest BCUT2D eigenvalue weighted by atomic mass is 16.6. The predicted molar refractivity (Wildman–Crippen MR) is 171 cm³/mol. The molecule has 0 aliphatic heterocycles. The van der Waals surface area contributed by atoms with E-state index in [9.17, 15) is 19.2 Å². The summed E-state index contributed by atoms with van der Waals surface area (Å²) in [5, 5.41) is 27.0. The zero-order chi connectivity index (χ0) is 35.5. The Morgan fingerprint density at radius 1 is 0.583 bits per heavy atom.